The molecule has 2 aromatic carbocycles. The van der Waals surface area contributed by atoms with Crippen molar-refractivity contribution in [2.75, 3.05) is 31.9 Å². The van der Waals surface area contributed by atoms with E-state index in [2.05, 4.69) is 4.90 Å². The molecule has 1 saturated heterocycles. The van der Waals surface area contributed by atoms with Gasteiger partial charge in [-0.05, 0) is 36.2 Å². The summed E-state index contributed by atoms with van der Waals surface area (Å²) in [6, 6.07) is 13.8. The van der Waals surface area contributed by atoms with Gasteiger partial charge in [-0.15, -0.1) is 24.8 Å². The molecule has 2 N–H and O–H groups in total. The molecule has 0 bridgehead atoms. The van der Waals surface area contributed by atoms with E-state index in [9.17, 15) is 9.18 Å². The Morgan fingerprint density at radius 3 is 2.35 bits per heavy atom. The Morgan fingerprint density at radius 1 is 0.962 bits per heavy atom. The fourth-order valence-corrected chi connectivity index (χ4v) is 3.04. The molecule has 0 atom stereocenters. The second-order valence-electron chi connectivity index (χ2n) is 6.14. The minimum absolute atomic E-state index is 0. The molecule has 3 rings (SSSR count). The summed E-state index contributed by atoms with van der Waals surface area (Å²) in [4.78, 5) is 16.8. The fraction of sp³-hybridized carbons (Fsp3) is 0.316. The van der Waals surface area contributed by atoms with Crippen molar-refractivity contribution in [3.05, 3.63) is 65.5 Å². The van der Waals surface area contributed by atoms with Crippen LogP contribution in [0.25, 0.3) is 0 Å². The second-order valence-corrected chi connectivity index (χ2v) is 6.14. The van der Waals surface area contributed by atoms with Crippen molar-refractivity contribution in [3.8, 4) is 0 Å². The minimum Gasteiger partial charge on any atom is -0.398 e. The van der Waals surface area contributed by atoms with E-state index in [1.54, 1.807) is 12.1 Å². The first-order valence-electron chi connectivity index (χ1n) is 8.24. The molecule has 1 aliphatic heterocycles. The van der Waals surface area contributed by atoms with Crippen LogP contribution < -0.4 is 5.73 Å². The van der Waals surface area contributed by atoms with Gasteiger partial charge in [-0.25, -0.2) is 4.39 Å². The van der Waals surface area contributed by atoms with Crippen molar-refractivity contribution in [1.82, 2.24) is 9.80 Å². The van der Waals surface area contributed by atoms with E-state index in [1.807, 2.05) is 29.2 Å². The molecule has 0 aliphatic carbocycles. The highest BCUT2D eigenvalue weighted by Gasteiger charge is 2.21. The maximum Gasteiger partial charge on any atom is 0.255 e. The van der Waals surface area contributed by atoms with Crippen molar-refractivity contribution >= 4 is 36.4 Å². The van der Waals surface area contributed by atoms with Gasteiger partial charge in [0.2, 0.25) is 0 Å². The predicted octanol–water partition coefficient (Wildman–Crippen LogP) is 3.60. The monoisotopic (exact) mass is 399 g/mol. The van der Waals surface area contributed by atoms with E-state index in [4.69, 9.17) is 5.73 Å². The van der Waals surface area contributed by atoms with E-state index >= 15 is 0 Å². The lowest BCUT2D eigenvalue weighted by atomic mass is 10.1. The standard InChI is InChI=1S/C19H22FN3O.2ClH/c20-16-8-6-15(7-9-16)14-22-10-3-11-23(13-12-22)19(24)17-4-1-2-5-18(17)21;;/h1-2,4-9H,3,10-14,21H2;2*1H. The van der Waals surface area contributed by atoms with Crippen LogP contribution in [0.1, 0.15) is 22.3 Å². The third kappa shape index (κ3) is 5.59. The molecule has 142 valence electrons. The lowest BCUT2D eigenvalue weighted by molar-refractivity contribution is 0.0762. The zero-order valence-electron chi connectivity index (χ0n) is 14.4. The zero-order valence-corrected chi connectivity index (χ0v) is 16.1. The zero-order chi connectivity index (χ0) is 16.9. The lowest BCUT2D eigenvalue weighted by Gasteiger charge is -2.22. The molecule has 26 heavy (non-hydrogen) atoms. The van der Waals surface area contributed by atoms with Gasteiger partial charge in [0, 0.05) is 38.4 Å². The van der Waals surface area contributed by atoms with Crippen LogP contribution in [0.5, 0.6) is 0 Å². The van der Waals surface area contributed by atoms with E-state index < -0.39 is 0 Å². The average Bonchev–Trinajstić information content (AvgIpc) is 2.82. The van der Waals surface area contributed by atoms with Crippen LogP contribution in [0, 0.1) is 5.82 Å². The highest BCUT2D eigenvalue weighted by atomic mass is 35.5. The SMILES string of the molecule is Cl.Cl.Nc1ccccc1C(=O)N1CCCN(Cc2ccc(F)cc2)CC1. The minimum atomic E-state index is -0.216. The Balaban J connectivity index is 0.00000169. The van der Waals surface area contributed by atoms with Crippen molar-refractivity contribution in [2.45, 2.75) is 13.0 Å². The first kappa shape index (κ1) is 22.2. The molecule has 0 radical (unpaired) electrons. The number of nitrogens with zero attached hydrogens (tertiary/aromatic N) is 2. The van der Waals surface area contributed by atoms with Crippen molar-refractivity contribution in [3.63, 3.8) is 0 Å². The van der Waals surface area contributed by atoms with Gasteiger partial charge in [0.05, 0.1) is 5.56 Å². The Hall–Kier alpha value is -1.82. The Morgan fingerprint density at radius 2 is 1.65 bits per heavy atom. The lowest BCUT2D eigenvalue weighted by Crippen LogP contribution is -2.35. The normalized spacial score (nSPS) is 14.7. The number of nitrogen functional groups attached to an aromatic ring is 1. The van der Waals surface area contributed by atoms with Crippen molar-refractivity contribution < 1.29 is 9.18 Å². The van der Waals surface area contributed by atoms with Crippen LogP contribution in [0.2, 0.25) is 0 Å². The van der Waals surface area contributed by atoms with Gasteiger partial charge in [-0.3, -0.25) is 9.69 Å². The quantitative estimate of drug-likeness (QED) is 0.802. The molecular weight excluding hydrogens is 376 g/mol. The largest absolute Gasteiger partial charge is 0.398 e. The van der Waals surface area contributed by atoms with Gasteiger partial charge in [0.25, 0.3) is 5.91 Å². The summed E-state index contributed by atoms with van der Waals surface area (Å²) in [5, 5.41) is 0. The molecule has 2 aromatic rings. The van der Waals surface area contributed by atoms with E-state index in [-0.39, 0.29) is 36.5 Å². The molecule has 1 fully saturated rings. The third-order valence-electron chi connectivity index (χ3n) is 4.39. The molecule has 7 heteroatoms. The molecule has 0 spiro atoms. The molecule has 0 saturated carbocycles. The number of carbonyl (C=O) groups excluding carboxylic acids is 1. The van der Waals surface area contributed by atoms with Gasteiger partial charge in [-0.1, -0.05) is 24.3 Å². The third-order valence-corrected chi connectivity index (χ3v) is 4.39. The first-order chi connectivity index (χ1) is 11.6. The van der Waals surface area contributed by atoms with Crippen LogP contribution in [0.4, 0.5) is 10.1 Å². The summed E-state index contributed by atoms with van der Waals surface area (Å²) in [7, 11) is 0. The summed E-state index contributed by atoms with van der Waals surface area (Å²) in [5.41, 5.74) is 8.10. The van der Waals surface area contributed by atoms with E-state index in [0.29, 0.717) is 17.8 Å². The first-order valence-corrected chi connectivity index (χ1v) is 8.24. The topological polar surface area (TPSA) is 49.6 Å². The number of carbonyl (C=O) groups is 1. The molecule has 1 heterocycles. The van der Waals surface area contributed by atoms with Gasteiger partial charge in [0.1, 0.15) is 5.82 Å². The second kappa shape index (κ2) is 10.4. The van der Waals surface area contributed by atoms with Crippen LogP contribution in [0.15, 0.2) is 48.5 Å². The molecular formula is C19H24Cl2FN3O. The van der Waals surface area contributed by atoms with Crippen LogP contribution in [-0.2, 0) is 6.54 Å². The summed E-state index contributed by atoms with van der Waals surface area (Å²) >= 11 is 0. The summed E-state index contributed by atoms with van der Waals surface area (Å²) < 4.78 is 13.0. The van der Waals surface area contributed by atoms with Gasteiger partial charge in [-0.2, -0.15) is 0 Å². The predicted molar refractivity (Wildman–Crippen MR) is 108 cm³/mol. The number of hydrogen-bond acceptors (Lipinski definition) is 3. The van der Waals surface area contributed by atoms with Crippen LogP contribution in [0.3, 0.4) is 0 Å². The van der Waals surface area contributed by atoms with Crippen LogP contribution >= 0.6 is 24.8 Å². The number of hydrogen-bond donors (Lipinski definition) is 1. The summed E-state index contributed by atoms with van der Waals surface area (Å²) in [5.74, 6) is -0.219. The number of halogens is 3. The smallest absolute Gasteiger partial charge is 0.255 e. The Bertz CT molecular complexity index is 712. The molecule has 4 nitrogen and oxygen atoms in total. The highest BCUT2D eigenvalue weighted by Crippen LogP contribution is 2.16. The number of para-hydroxylation sites is 1. The maximum absolute atomic E-state index is 13.0. The van der Waals surface area contributed by atoms with Gasteiger partial charge >= 0.3 is 0 Å². The van der Waals surface area contributed by atoms with E-state index in [0.717, 1.165) is 38.2 Å². The molecule has 0 aromatic heterocycles. The molecule has 0 unspecified atom stereocenters. The fourth-order valence-electron chi connectivity index (χ4n) is 3.04. The van der Waals surface area contributed by atoms with Gasteiger partial charge < -0.3 is 10.6 Å². The average molecular weight is 400 g/mol. The Labute approximate surface area is 166 Å². The summed E-state index contributed by atoms with van der Waals surface area (Å²) in [6.07, 6.45) is 0.916. The number of amides is 1. The molecule has 1 amide bonds. The molecule has 1 aliphatic rings. The number of anilines is 1. The number of rotatable bonds is 3. The van der Waals surface area contributed by atoms with Gasteiger partial charge in [0.15, 0.2) is 0 Å². The van der Waals surface area contributed by atoms with Crippen molar-refractivity contribution in [1.29, 1.82) is 0 Å². The highest BCUT2D eigenvalue weighted by molar-refractivity contribution is 5.99. The maximum atomic E-state index is 13.0. The summed E-state index contributed by atoms with van der Waals surface area (Å²) in [6.45, 7) is 3.90. The van der Waals surface area contributed by atoms with Crippen LogP contribution in [-0.4, -0.2) is 41.9 Å². The number of nitrogens with two attached hydrogens (primary N) is 1. The van der Waals surface area contributed by atoms with Crippen molar-refractivity contribution in [2.24, 2.45) is 0 Å². The van der Waals surface area contributed by atoms with E-state index in [1.165, 1.54) is 12.1 Å². The number of benzene rings is 2. The Kier molecular flexibility index (Phi) is 8.85.